The highest BCUT2D eigenvalue weighted by Gasteiger charge is 2.32. The Balaban J connectivity index is 2.98. The van der Waals surface area contributed by atoms with E-state index in [0.717, 1.165) is 0 Å². The molecule has 1 aromatic carbocycles. The van der Waals surface area contributed by atoms with Crippen molar-refractivity contribution in [3.05, 3.63) is 29.6 Å². The van der Waals surface area contributed by atoms with Gasteiger partial charge in [-0.3, -0.25) is 4.79 Å². The van der Waals surface area contributed by atoms with Gasteiger partial charge in [0.1, 0.15) is 17.7 Å². The maximum atomic E-state index is 13.4. The zero-order valence-corrected chi connectivity index (χ0v) is 9.89. The van der Waals surface area contributed by atoms with Crippen molar-refractivity contribution in [2.24, 2.45) is 5.73 Å². The number of benzene rings is 1. The Bertz CT molecular complexity index is 492. The first-order chi connectivity index (χ1) is 9.10. The fraction of sp³-hybridized carbons (Fsp3) is 0.364. The van der Waals surface area contributed by atoms with Crippen LogP contribution in [0, 0.1) is 5.82 Å². The summed E-state index contributed by atoms with van der Waals surface area (Å²) in [5, 5.41) is 19.0. The lowest BCUT2D eigenvalue weighted by atomic mass is 10.0. The van der Waals surface area contributed by atoms with Crippen LogP contribution in [-0.4, -0.2) is 28.6 Å². The van der Waals surface area contributed by atoms with Crippen molar-refractivity contribution in [2.45, 2.75) is 25.0 Å². The topological polar surface area (TPSA) is 92.8 Å². The molecule has 0 radical (unpaired) electrons. The molecule has 1 aromatic rings. The molecule has 1 amide bonds. The Kier molecular flexibility index (Phi) is 4.90. The minimum atomic E-state index is -4.98. The number of ether oxygens (including phenoxy) is 1. The van der Waals surface area contributed by atoms with Crippen molar-refractivity contribution in [1.29, 1.82) is 0 Å². The van der Waals surface area contributed by atoms with E-state index in [1.807, 2.05) is 0 Å². The van der Waals surface area contributed by atoms with E-state index >= 15 is 0 Å². The minimum absolute atomic E-state index is 0.581. The number of aliphatic hydroxyl groups is 2. The number of carbonyl (C=O) groups excluding carboxylic acids is 1. The highest BCUT2D eigenvalue weighted by atomic mass is 19.4. The number of carbonyl (C=O) groups is 1. The molecule has 5 nitrogen and oxygen atoms in total. The van der Waals surface area contributed by atoms with Gasteiger partial charge in [-0.15, -0.1) is 13.2 Å². The van der Waals surface area contributed by atoms with Crippen LogP contribution in [0.5, 0.6) is 5.75 Å². The third kappa shape index (κ3) is 4.67. The zero-order chi connectivity index (χ0) is 15.5. The number of amides is 1. The second kappa shape index (κ2) is 6.06. The lowest BCUT2D eigenvalue weighted by Gasteiger charge is -2.18. The molecular formula is C11H11F4NO4. The minimum Gasteiger partial charge on any atom is -0.406 e. The highest BCUT2D eigenvalue weighted by molar-refractivity contribution is 5.74. The van der Waals surface area contributed by atoms with E-state index in [1.165, 1.54) is 0 Å². The Morgan fingerprint density at radius 2 is 1.95 bits per heavy atom. The quantitative estimate of drug-likeness (QED) is 0.707. The van der Waals surface area contributed by atoms with E-state index in [1.54, 1.807) is 0 Å². The molecule has 0 aliphatic carbocycles. The van der Waals surface area contributed by atoms with Crippen molar-refractivity contribution in [3.63, 3.8) is 0 Å². The second-order valence-corrected chi connectivity index (χ2v) is 3.91. The molecule has 4 N–H and O–H groups in total. The molecule has 0 bridgehead atoms. The number of alkyl halides is 3. The normalized spacial score (nSPS) is 14.7. The molecule has 112 valence electrons. The first-order valence-corrected chi connectivity index (χ1v) is 5.30. The van der Waals surface area contributed by atoms with Crippen LogP contribution in [0.15, 0.2) is 18.2 Å². The molecule has 20 heavy (non-hydrogen) atoms. The van der Waals surface area contributed by atoms with E-state index in [-0.39, 0.29) is 0 Å². The number of hydrogen-bond acceptors (Lipinski definition) is 4. The molecule has 0 aromatic heterocycles. The summed E-state index contributed by atoms with van der Waals surface area (Å²) in [4.78, 5) is 10.6. The van der Waals surface area contributed by atoms with E-state index in [0.29, 0.717) is 18.2 Å². The fourth-order valence-electron chi connectivity index (χ4n) is 1.47. The molecule has 0 fully saturated rings. The number of halogens is 4. The molecule has 0 saturated carbocycles. The fourth-order valence-corrected chi connectivity index (χ4v) is 1.47. The second-order valence-electron chi connectivity index (χ2n) is 3.91. The summed E-state index contributed by atoms with van der Waals surface area (Å²) in [6.45, 7) is 0. The molecule has 2 unspecified atom stereocenters. The average molecular weight is 297 g/mol. The first-order valence-electron chi connectivity index (χ1n) is 5.30. The summed E-state index contributed by atoms with van der Waals surface area (Å²) in [5.74, 6) is -2.78. The van der Waals surface area contributed by atoms with Crippen molar-refractivity contribution in [3.8, 4) is 5.75 Å². The van der Waals surface area contributed by atoms with Gasteiger partial charge in [0.25, 0.3) is 0 Å². The summed E-state index contributed by atoms with van der Waals surface area (Å²) in [7, 11) is 0. The number of hydrogen-bond donors (Lipinski definition) is 3. The molecule has 0 aliphatic rings. The van der Waals surface area contributed by atoms with E-state index in [2.05, 4.69) is 4.74 Å². The monoisotopic (exact) mass is 297 g/mol. The molecule has 0 saturated heterocycles. The van der Waals surface area contributed by atoms with E-state index < -0.39 is 48.0 Å². The Morgan fingerprint density at radius 1 is 1.35 bits per heavy atom. The van der Waals surface area contributed by atoms with Gasteiger partial charge in [-0.1, -0.05) is 0 Å². The molecule has 0 heterocycles. The van der Waals surface area contributed by atoms with Gasteiger partial charge in [-0.05, 0) is 18.2 Å². The lowest BCUT2D eigenvalue weighted by Crippen LogP contribution is -2.26. The number of primary amides is 1. The van der Waals surface area contributed by atoms with E-state index in [4.69, 9.17) is 5.73 Å². The summed E-state index contributed by atoms with van der Waals surface area (Å²) >= 11 is 0. The Morgan fingerprint density at radius 3 is 2.45 bits per heavy atom. The van der Waals surface area contributed by atoms with Crippen molar-refractivity contribution >= 4 is 5.91 Å². The van der Waals surface area contributed by atoms with Gasteiger partial charge in [0, 0.05) is 5.56 Å². The molecule has 9 heteroatoms. The van der Waals surface area contributed by atoms with Crippen LogP contribution >= 0.6 is 0 Å². The predicted octanol–water partition coefficient (Wildman–Crippen LogP) is 0.994. The standard InChI is InChI=1S/C11H11F4NO4/c12-7-2-1-5(20-11(13,14)15)3-6(7)10(19)8(17)4-9(16)18/h1-3,8,10,17,19H,4H2,(H2,16,18). The summed E-state index contributed by atoms with van der Waals surface area (Å²) < 4.78 is 53.0. The maximum Gasteiger partial charge on any atom is 0.573 e. The SMILES string of the molecule is NC(=O)CC(O)C(O)c1cc(OC(F)(F)F)ccc1F. The first kappa shape index (κ1) is 16.2. The smallest absolute Gasteiger partial charge is 0.406 e. The summed E-state index contributed by atoms with van der Waals surface area (Å²) in [6, 6.07) is 1.92. The van der Waals surface area contributed by atoms with E-state index in [9.17, 15) is 32.6 Å². The van der Waals surface area contributed by atoms with Crippen LogP contribution in [0.2, 0.25) is 0 Å². The van der Waals surface area contributed by atoms with Gasteiger partial charge in [0.2, 0.25) is 5.91 Å². The van der Waals surface area contributed by atoms with Gasteiger partial charge in [0.15, 0.2) is 0 Å². The molecule has 0 spiro atoms. The van der Waals surface area contributed by atoms with Gasteiger partial charge in [0.05, 0.1) is 12.5 Å². The predicted molar refractivity (Wildman–Crippen MR) is 57.9 cm³/mol. The van der Waals surface area contributed by atoms with Crippen molar-refractivity contribution < 1.29 is 37.3 Å². The van der Waals surface area contributed by atoms with Crippen LogP contribution < -0.4 is 10.5 Å². The summed E-state index contributed by atoms with van der Waals surface area (Å²) in [5.41, 5.74) is 4.14. The molecule has 2 atom stereocenters. The van der Waals surface area contributed by atoms with Crippen LogP contribution in [-0.2, 0) is 4.79 Å². The van der Waals surface area contributed by atoms with Gasteiger partial charge in [-0.2, -0.15) is 0 Å². The van der Waals surface area contributed by atoms with Crippen LogP contribution in [0.3, 0.4) is 0 Å². The van der Waals surface area contributed by atoms with Gasteiger partial charge in [-0.25, -0.2) is 4.39 Å². The summed E-state index contributed by atoms with van der Waals surface area (Å²) in [6.07, 6.45) is -9.32. The highest BCUT2D eigenvalue weighted by Crippen LogP contribution is 2.29. The number of aliphatic hydroxyl groups excluding tert-OH is 2. The Labute approximate surface area is 110 Å². The third-order valence-corrected chi connectivity index (χ3v) is 2.29. The average Bonchev–Trinajstić information content (AvgIpc) is 2.28. The van der Waals surface area contributed by atoms with Crippen molar-refractivity contribution in [2.75, 3.05) is 0 Å². The maximum absolute atomic E-state index is 13.4. The molecule has 1 rings (SSSR count). The zero-order valence-electron chi connectivity index (χ0n) is 9.89. The third-order valence-electron chi connectivity index (χ3n) is 2.29. The van der Waals surface area contributed by atoms with Crippen LogP contribution in [0.1, 0.15) is 18.1 Å². The lowest BCUT2D eigenvalue weighted by molar-refractivity contribution is -0.274. The largest absolute Gasteiger partial charge is 0.573 e. The van der Waals surface area contributed by atoms with Crippen LogP contribution in [0.25, 0.3) is 0 Å². The van der Waals surface area contributed by atoms with Crippen LogP contribution in [0.4, 0.5) is 17.6 Å². The van der Waals surface area contributed by atoms with Crippen molar-refractivity contribution in [1.82, 2.24) is 0 Å². The molecular weight excluding hydrogens is 286 g/mol. The van der Waals surface area contributed by atoms with Gasteiger partial charge >= 0.3 is 6.36 Å². The van der Waals surface area contributed by atoms with Gasteiger partial charge < -0.3 is 20.7 Å². The number of nitrogens with two attached hydrogens (primary N) is 1. The number of rotatable bonds is 5. The Hall–Kier alpha value is -1.87. The molecule has 0 aliphatic heterocycles.